The van der Waals surface area contributed by atoms with Gasteiger partial charge < -0.3 is 29.2 Å². The van der Waals surface area contributed by atoms with Gasteiger partial charge in [-0.3, -0.25) is 16.0 Å². The molecule has 0 unspecified atom stereocenters. The van der Waals surface area contributed by atoms with Crippen LogP contribution in [0.2, 0.25) is 30.1 Å². The summed E-state index contributed by atoms with van der Waals surface area (Å²) in [6, 6.07) is 12.5. The molecule has 1 fully saturated rings. The molecule has 0 saturated carbocycles. The lowest BCUT2D eigenvalue weighted by Crippen LogP contribution is -2.62. The maximum Gasteiger partial charge on any atom is 0.412 e. The summed E-state index contributed by atoms with van der Waals surface area (Å²) in [7, 11) is 0. The highest BCUT2D eigenvalue weighted by atomic mass is 35.5. The van der Waals surface area contributed by atoms with Crippen LogP contribution < -0.4 is 16.0 Å². The molecule has 240 valence electrons. The summed E-state index contributed by atoms with van der Waals surface area (Å²) in [6.07, 6.45) is -12.2. The van der Waals surface area contributed by atoms with Crippen molar-refractivity contribution < 1.29 is 43.5 Å². The molecule has 1 aliphatic rings. The molecule has 12 nitrogen and oxygen atoms in total. The van der Waals surface area contributed by atoms with E-state index in [-0.39, 0.29) is 47.2 Å². The van der Waals surface area contributed by atoms with Crippen molar-refractivity contribution >= 4 is 105 Å². The first-order valence-corrected chi connectivity index (χ1v) is 14.8. The first-order valence-electron chi connectivity index (χ1n) is 12.5. The number of halogens is 6. The van der Waals surface area contributed by atoms with Crippen molar-refractivity contribution in [3.8, 4) is 0 Å². The van der Waals surface area contributed by atoms with Crippen molar-refractivity contribution in [1.29, 1.82) is 0 Å². The van der Waals surface area contributed by atoms with Crippen LogP contribution in [-0.2, 0) is 18.9 Å². The van der Waals surface area contributed by atoms with E-state index >= 15 is 0 Å². The Kier molecular flexibility index (Phi) is 12.1. The predicted octanol–water partition coefficient (Wildman–Crippen LogP) is 7.47. The number of aliphatic hydroxyl groups is 2. The average Bonchev–Trinajstić information content (AvgIpc) is 2.90. The fourth-order valence-corrected chi connectivity index (χ4v) is 5.71. The standard InChI is InChI=1S/C27H21Cl6N3O9/c28-11-1-12(29)5-17(4-11)34-25(39)43-21-20(10-37)42-24(38)23(45-27(41)36-19-8-15(32)3-16(33)9-19)22(21)44-26(40)35-18-6-13(30)2-14(31)7-18/h1-9,20-24,37-38H,10H2,(H,34,39)(H,35,40)(H,36,41)/t20-,21-,22+,23-,24-/m1/s1. The van der Waals surface area contributed by atoms with Gasteiger partial charge in [0.25, 0.3) is 0 Å². The van der Waals surface area contributed by atoms with Crippen LogP contribution in [0.4, 0.5) is 31.4 Å². The number of rotatable bonds is 7. The fourth-order valence-electron chi connectivity index (χ4n) is 4.13. The molecule has 3 aromatic carbocycles. The van der Waals surface area contributed by atoms with Crippen LogP contribution in [-0.4, -0.2) is 65.8 Å². The fraction of sp³-hybridized carbons (Fsp3) is 0.222. The molecule has 4 rings (SSSR count). The maximum absolute atomic E-state index is 13.0. The van der Waals surface area contributed by atoms with Gasteiger partial charge in [0.15, 0.2) is 24.6 Å². The number of benzene rings is 3. The summed E-state index contributed by atoms with van der Waals surface area (Å²) in [6.45, 7) is -0.830. The van der Waals surface area contributed by atoms with Gasteiger partial charge in [0, 0.05) is 47.2 Å². The minimum atomic E-state index is -1.98. The zero-order valence-corrected chi connectivity index (χ0v) is 26.8. The number of anilines is 3. The van der Waals surface area contributed by atoms with Crippen LogP contribution in [0.15, 0.2) is 54.6 Å². The lowest BCUT2D eigenvalue weighted by Gasteiger charge is -2.42. The van der Waals surface area contributed by atoms with Gasteiger partial charge in [-0.2, -0.15) is 0 Å². The van der Waals surface area contributed by atoms with E-state index in [1.807, 2.05) is 0 Å². The van der Waals surface area contributed by atoms with Gasteiger partial charge in [-0.15, -0.1) is 0 Å². The molecule has 0 bridgehead atoms. The van der Waals surface area contributed by atoms with Crippen LogP contribution in [0.1, 0.15) is 0 Å². The Bertz CT molecular complexity index is 1520. The molecule has 1 heterocycles. The zero-order valence-electron chi connectivity index (χ0n) is 22.3. The second-order valence-electron chi connectivity index (χ2n) is 9.21. The predicted molar refractivity (Wildman–Crippen MR) is 169 cm³/mol. The number of carbonyl (C=O) groups is 3. The summed E-state index contributed by atoms with van der Waals surface area (Å²) < 4.78 is 21.7. The normalized spacial score (nSPS) is 20.9. The van der Waals surface area contributed by atoms with Crippen LogP contribution in [0.25, 0.3) is 0 Å². The summed E-state index contributed by atoms with van der Waals surface area (Å²) in [5, 5.41) is 29.1. The first kappa shape index (κ1) is 35.0. The van der Waals surface area contributed by atoms with Crippen molar-refractivity contribution in [3.63, 3.8) is 0 Å². The number of aliphatic hydroxyl groups excluding tert-OH is 2. The zero-order chi connectivity index (χ0) is 32.8. The molecular formula is C27H21Cl6N3O9. The van der Waals surface area contributed by atoms with Crippen LogP contribution in [0.3, 0.4) is 0 Å². The molecule has 45 heavy (non-hydrogen) atoms. The SMILES string of the molecule is O=C(Nc1cc(Cl)cc(Cl)c1)O[C@@H]1[C@@H](OC(=O)Nc2cc(Cl)cc(Cl)c2)[C@H](O)O[C@H](CO)[C@H]1OC(=O)Nc1cc(Cl)cc(Cl)c1. The Morgan fingerprint density at radius 3 is 1.22 bits per heavy atom. The minimum Gasteiger partial charge on any atom is -0.439 e. The van der Waals surface area contributed by atoms with E-state index in [0.29, 0.717) is 0 Å². The quantitative estimate of drug-likeness (QED) is 0.154. The molecule has 3 aromatic rings. The van der Waals surface area contributed by atoms with E-state index in [1.165, 1.54) is 54.6 Å². The topological polar surface area (TPSA) is 165 Å². The molecule has 1 saturated heterocycles. The lowest BCUT2D eigenvalue weighted by atomic mass is 9.98. The van der Waals surface area contributed by atoms with Gasteiger partial charge in [0.05, 0.1) is 6.61 Å². The molecule has 0 aliphatic carbocycles. The summed E-state index contributed by atoms with van der Waals surface area (Å²) in [5.41, 5.74) is 0.373. The van der Waals surface area contributed by atoms with Crippen LogP contribution in [0, 0.1) is 0 Å². The molecule has 5 N–H and O–H groups in total. The second-order valence-corrected chi connectivity index (χ2v) is 11.8. The third-order valence-electron chi connectivity index (χ3n) is 5.85. The van der Waals surface area contributed by atoms with Gasteiger partial charge in [-0.05, 0) is 54.6 Å². The monoisotopic (exact) mass is 741 g/mol. The van der Waals surface area contributed by atoms with Gasteiger partial charge in [0.2, 0.25) is 0 Å². The summed E-state index contributed by atoms with van der Waals surface area (Å²) >= 11 is 35.9. The highest BCUT2D eigenvalue weighted by Gasteiger charge is 2.52. The Morgan fingerprint density at radius 1 is 0.578 bits per heavy atom. The van der Waals surface area contributed by atoms with Crippen molar-refractivity contribution in [2.45, 2.75) is 30.7 Å². The summed E-state index contributed by atoms with van der Waals surface area (Å²) in [4.78, 5) is 38.8. The Balaban J connectivity index is 1.60. The molecule has 18 heteroatoms. The molecular weight excluding hydrogens is 723 g/mol. The minimum absolute atomic E-state index is 0.116. The number of hydrogen-bond donors (Lipinski definition) is 5. The average molecular weight is 744 g/mol. The van der Waals surface area contributed by atoms with E-state index in [1.54, 1.807) is 0 Å². The van der Waals surface area contributed by atoms with Gasteiger partial charge in [-0.25, -0.2) is 14.4 Å². The number of hydrogen-bond acceptors (Lipinski definition) is 9. The maximum atomic E-state index is 13.0. The number of carbonyl (C=O) groups excluding carboxylic acids is 3. The Hall–Kier alpha value is -2.91. The highest BCUT2D eigenvalue weighted by Crippen LogP contribution is 2.30. The van der Waals surface area contributed by atoms with Crippen LogP contribution >= 0.6 is 69.6 Å². The Morgan fingerprint density at radius 2 is 0.889 bits per heavy atom. The molecule has 0 spiro atoms. The van der Waals surface area contributed by atoms with Gasteiger partial charge in [-0.1, -0.05) is 69.6 Å². The summed E-state index contributed by atoms with van der Waals surface area (Å²) in [5.74, 6) is 0. The molecule has 1 aliphatic heterocycles. The van der Waals surface area contributed by atoms with E-state index < -0.39 is 55.6 Å². The van der Waals surface area contributed by atoms with E-state index in [9.17, 15) is 24.6 Å². The largest absolute Gasteiger partial charge is 0.439 e. The second kappa shape index (κ2) is 15.6. The smallest absolute Gasteiger partial charge is 0.412 e. The third-order valence-corrected chi connectivity index (χ3v) is 7.15. The molecule has 5 atom stereocenters. The molecule has 0 aromatic heterocycles. The first-order chi connectivity index (χ1) is 21.3. The number of nitrogens with one attached hydrogen (secondary N) is 3. The Labute approximate surface area is 285 Å². The van der Waals surface area contributed by atoms with Gasteiger partial charge >= 0.3 is 18.3 Å². The van der Waals surface area contributed by atoms with E-state index in [4.69, 9.17) is 88.6 Å². The molecule has 0 radical (unpaired) electrons. The number of amides is 3. The molecule has 3 amide bonds. The van der Waals surface area contributed by atoms with Crippen LogP contribution in [0.5, 0.6) is 0 Å². The van der Waals surface area contributed by atoms with Crippen molar-refractivity contribution in [2.75, 3.05) is 22.6 Å². The van der Waals surface area contributed by atoms with Crippen molar-refractivity contribution in [2.24, 2.45) is 0 Å². The lowest BCUT2D eigenvalue weighted by molar-refractivity contribution is -0.282. The van der Waals surface area contributed by atoms with E-state index in [2.05, 4.69) is 16.0 Å². The van der Waals surface area contributed by atoms with E-state index in [0.717, 1.165) is 0 Å². The highest BCUT2D eigenvalue weighted by molar-refractivity contribution is 6.36. The van der Waals surface area contributed by atoms with Gasteiger partial charge in [0.1, 0.15) is 6.10 Å². The van der Waals surface area contributed by atoms with Crippen molar-refractivity contribution in [1.82, 2.24) is 0 Å². The number of ether oxygens (including phenoxy) is 4. The van der Waals surface area contributed by atoms with Crippen molar-refractivity contribution in [3.05, 3.63) is 84.7 Å². The third kappa shape index (κ3) is 10.0.